The second kappa shape index (κ2) is 5.90. The number of amides is 1. The molecule has 114 valence electrons. The average Bonchev–Trinajstić information content (AvgIpc) is 2.33. The largest absolute Gasteiger partial charge is 0.480 e. The van der Waals surface area contributed by atoms with Gasteiger partial charge in [-0.15, -0.1) is 0 Å². The number of nitrogens with zero attached hydrogens (tertiary/aromatic N) is 1. The van der Waals surface area contributed by atoms with E-state index in [0.717, 1.165) is 0 Å². The monoisotopic (exact) mass is 294 g/mol. The van der Waals surface area contributed by atoms with Gasteiger partial charge in [0.25, 0.3) is 11.6 Å². The maximum absolute atomic E-state index is 12.2. The normalized spacial score (nSPS) is 12.6. The number of hydrogen-bond donors (Lipinski definition) is 2. The van der Waals surface area contributed by atoms with E-state index in [1.807, 2.05) is 0 Å². The van der Waals surface area contributed by atoms with Gasteiger partial charge in [-0.25, -0.2) is 4.79 Å². The number of nitro groups is 1. The zero-order valence-electron chi connectivity index (χ0n) is 12.3. The number of carbonyl (C=O) groups excluding carboxylic acids is 1. The molecule has 0 aromatic heterocycles. The van der Waals surface area contributed by atoms with Crippen LogP contribution in [0.2, 0.25) is 0 Å². The first kappa shape index (κ1) is 16.6. The van der Waals surface area contributed by atoms with E-state index in [4.69, 9.17) is 0 Å². The van der Waals surface area contributed by atoms with Crippen molar-refractivity contribution < 1.29 is 19.6 Å². The van der Waals surface area contributed by atoms with Gasteiger partial charge in [0.1, 0.15) is 6.04 Å². The first-order valence-electron chi connectivity index (χ1n) is 6.33. The van der Waals surface area contributed by atoms with Crippen LogP contribution in [0.3, 0.4) is 0 Å². The fourth-order valence-corrected chi connectivity index (χ4v) is 1.92. The van der Waals surface area contributed by atoms with Gasteiger partial charge < -0.3 is 10.4 Å². The zero-order chi connectivity index (χ0) is 16.4. The molecular weight excluding hydrogens is 276 g/mol. The Morgan fingerprint density at radius 1 is 1.33 bits per heavy atom. The second-order valence-corrected chi connectivity index (χ2v) is 5.82. The molecule has 0 radical (unpaired) electrons. The lowest BCUT2D eigenvalue weighted by Gasteiger charge is -2.27. The Kier molecular flexibility index (Phi) is 4.67. The smallest absolute Gasteiger partial charge is 0.326 e. The molecule has 1 aromatic carbocycles. The van der Waals surface area contributed by atoms with Gasteiger partial charge in [-0.3, -0.25) is 14.9 Å². The Balaban J connectivity index is 3.13. The quantitative estimate of drug-likeness (QED) is 0.653. The number of benzene rings is 1. The maximum Gasteiger partial charge on any atom is 0.326 e. The van der Waals surface area contributed by atoms with Gasteiger partial charge in [-0.1, -0.05) is 26.8 Å². The Hall–Kier alpha value is -2.44. The molecule has 2 N–H and O–H groups in total. The van der Waals surface area contributed by atoms with Crippen LogP contribution in [0.15, 0.2) is 18.2 Å². The Morgan fingerprint density at radius 2 is 1.90 bits per heavy atom. The molecule has 7 nitrogen and oxygen atoms in total. The van der Waals surface area contributed by atoms with Crippen molar-refractivity contribution in [2.45, 2.75) is 33.7 Å². The summed E-state index contributed by atoms with van der Waals surface area (Å²) in [4.78, 5) is 33.7. The highest BCUT2D eigenvalue weighted by Crippen LogP contribution is 2.23. The third-order valence-electron chi connectivity index (χ3n) is 3.13. The van der Waals surface area contributed by atoms with Crippen molar-refractivity contribution in [1.82, 2.24) is 5.32 Å². The molecule has 0 heterocycles. The van der Waals surface area contributed by atoms with Crippen LogP contribution in [0.1, 0.15) is 36.7 Å². The maximum atomic E-state index is 12.2. The highest BCUT2D eigenvalue weighted by Gasteiger charge is 2.33. The molecular formula is C14H18N2O5. The summed E-state index contributed by atoms with van der Waals surface area (Å²) in [5.74, 6) is -1.79. The molecule has 0 spiro atoms. The van der Waals surface area contributed by atoms with Crippen LogP contribution in [-0.4, -0.2) is 27.9 Å². The Labute approximate surface area is 122 Å². The van der Waals surface area contributed by atoms with Gasteiger partial charge in [-0.05, 0) is 18.4 Å². The fraction of sp³-hybridized carbons (Fsp3) is 0.429. The Bertz CT molecular complexity index is 590. The predicted molar refractivity (Wildman–Crippen MR) is 76.2 cm³/mol. The van der Waals surface area contributed by atoms with Crippen molar-refractivity contribution in [3.05, 3.63) is 39.4 Å². The summed E-state index contributed by atoms with van der Waals surface area (Å²) in [6.45, 7) is 6.52. The molecule has 0 aliphatic rings. The molecule has 0 unspecified atom stereocenters. The summed E-state index contributed by atoms with van der Waals surface area (Å²) >= 11 is 0. The molecule has 0 saturated carbocycles. The van der Waals surface area contributed by atoms with Gasteiger partial charge in [0.2, 0.25) is 0 Å². The molecule has 0 bridgehead atoms. The SMILES string of the molecule is Cc1c(C(=O)N[C@@H](C(=O)O)C(C)(C)C)cccc1[N+](=O)[O-]. The molecule has 0 aliphatic heterocycles. The van der Waals surface area contributed by atoms with Crippen LogP contribution in [-0.2, 0) is 4.79 Å². The summed E-state index contributed by atoms with van der Waals surface area (Å²) in [6, 6.07) is 3.03. The van der Waals surface area contributed by atoms with Crippen molar-refractivity contribution in [2.75, 3.05) is 0 Å². The summed E-state index contributed by atoms with van der Waals surface area (Å²) in [5, 5.41) is 22.5. The molecule has 1 aromatic rings. The lowest BCUT2D eigenvalue weighted by molar-refractivity contribution is -0.385. The number of carboxylic acids is 1. The lowest BCUT2D eigenvalue weighted by atomic mass is 9.86. The number of hydrogen-bond acceptors (Lipinski definition) is 4. The van der Waals surface area contributed by atoms with Crippen molar-refractivity contribution in [1.29, 1.82) is 0 Å². The fourth-order valence-electron chi connectivity index (χ4n) is 1.92. The van der Waals surface area contributed by atoms with Crippen LogP contribution in [0.4, 0.5) is 5.69 Å². The van der Waals surface area contributed by atoms with E-state index in [-0.39, 0.29) is 16.8 Å². The number of rotatable bonds is 4. The summed E-state index contributed by atoms with van der Waals surface area (Å²) in [7, 11) is 0. The molecule has 1 amide bonds. The highest BCUT2D eigenvalue weighted by atomic mass is 16.6. The van der Waals surface area contributed by atoms with Crippen molar-refractivity contribution >= 4 is 17.6 Å². The summed E-state index contributed by atoms with van der Waals surface area (Å²) in [5.41, 5.74) is -0.557. The van der Waals surface area contributed by atoms with Gasteiger partial charge in [-0.2, -0.15) is 0 Å². The first-order valence-corrected chi connectivity index (χ1v) is 6.33. The minimum Gasteiger partial charge on any atom is -0.480 e. The van der Waals surface area contributed by atoms with Gasteiger partial charge in [0, 0.05) is 17.2 Å². The standard InChI is InChI=1S/C14H18N2O5/c1-8-9(6-5-7-10(8)16(20)21)12(17)15-11(13(18)19)14(2,3)4/h5-7,11H,1-4H3,(H,15,17)(H,18,19)/t11-/m0/s1. The molecule has 1 atom stereocenters. The minimum atomic E-state index is -1.15. The highest BCUT2D eigenvalue weighted by molar-refractivity contribution is 5.98. The van der Waals surface area contributed by atoms with Gasteiger partial charge in [0.15, 0.2) is 0 Å². The van der Waals surface area contributed by atoms with Crippen molar-refractivity contribution in [3.8, 4) is 0 Å². The summed E-state index contributed by atoms with van der Waals surface area (Å²) < 4.78 is 0. The number of carboxylic acid groups (broad SMARTS) is 1. The predicted octanol–water partition coefficient (Wildman–Crippen LogP) is 2.13. The van der Waals surface area contributed by atoms with E-state index in [2.05, 4.69) is 5.32 Å². The van der Waals surface area contributed by atoms with Gasteiger partial charge >= 0.3 is 5.97 Å². The van der Waals surface area contributed by atoms with Crippen molar-refractivity contribution in [2.24, 2.45) is 5.41 Å². The molecule has 0 fully saturated rings. The van der Waals surface area contributed by atoms with E-state index in [9.17, 15) is 24.8 Å². The molecule has 0 saturated heterocycles. The number of nitro benzene ring substituents is 1. The third kappa shape index (κ3) is 3.77. The van der Waals surface area contributed by atoms with Crippen LogP contribution in [0, 0.1) is 22.5 Å². The number of nitrogens with one attached hydrogen (secondary N) is 1. The van der Waals surface area contributed by atoms with Crippen LogP contribution in [0.5, 0.6) is 0 Å². The van der Waals surface area contributed by atoms with Crippen LogP contribution < -0.4 is 5.32 Å². The molecule has 1 rings (SSSR count). The number of carbonyl (C=O) groups is 2. The van der Waals surface area contributed by atoms with Crippen LogP contribution in [0.25, 0.3) is 0 Å². The summed E-state index contributed by atoms with van der Waals surface area (Å²) in [6.07, 6.45) is 0. The first-order chi connectivity index (χ1) is 9.55. The van der Waals surface area contributed by atoms with E-state index >= 15 is 0 Å². The average molecular weight is 294 g/mol. The molecule has 0 aliphatic carbocycles. The van der Waals surface area contributed by atoms with Gasteiger partial charge in [0.05, 0.1) is 4.92 Å². The lowest BCUT2D eigenvalue weighted by Crippen LogP contribution is -2.49. The van der Waals surface area contributed by atoms with E-state index in [0.29, 0.717) is 0 Å². The minimum absolute atomic E-state index is 0.0969. The topological polar surface area (TPSA) is 110 Å². The van der Waals surface area contributed by atoms with E-state index in [1.165, 1.54) is 25.1 Å². The van der Waals surface area contributed by atoms with Crippen molar-refractivity contribution in [3.63, 3.8) is 0 Å². The van der Waals surface area contributed by atoms with Crippen LogP contribution >= 0.6 is 0 Å². The zero-order valence-corrected chi connectivity index (χ0v) is 12.3. The second-order valence-electron chi connectivity index (χ2n) is 5.82. The molecule has 21 heavy (non-hydrogen) atoms. The Morgan fingerprint density at radius 3 is 2.33 bits per heavy atom. The van der Waals surface area contributed by atoms with E-state index in [1.54, 1.807) is 20.8 Å². The molecule has 7 heteroatoms. The van der Waals surface area contributed by atoms with E-state index < -0.39 is 28.3 Å². The third-order valence-corrected chi connectivity index (χ3v) is 3.13. The number of aliphatic carboxylic acids is 1.